The predicted molar refractivity (Wildman–Crippen MR) is 124 cm³/mol. The zero-order valence-corrected chi connectivity index (χ0v) is 18.6. The Morgan fingerprint density at radius 1 is 0.967 bits per heavy atom. The third-order valence-corrected chi connectivity index (χ3v) is 6.54. The van der Waals surface area contributed by atoms with Crippen LogP contribution in [0.25, 0.3) is 0 Å². The van der Waals surface area contributed by atoms with E-state index < -0.39 is 0 Å². The smallest absolute Gasteiger partial charge is 0.163 e. The minimum atomic E-state index is 0.335. The van der Waals surface area contributed by atoms with E-state index in [1.54, 1.807) is 7.11 Å². The lowest BCUT2D eigenvalue weighted by Crippen LogP contribution is -2.54. The third kappa shape index (κ3) is 5.10. The fourth-order valence-electron chi connectivity index (χ4n) is 4.93. The van der Waals surface area contributed by atoms with Crippen molar-refractivity contribution in [2.45, 2.75) is 57.6 Å². The second-order valence-corrected chi connectivity index (χ2v) is 8.69. The van der Waals surface area contributed by atoms with Gasteiger partial charge in [0.25, 0.3) is 0 Å². The van der Waals surface area contributed by atoms with E-state index in [1.807, 2.05) is 0 Å². The van der Waals surface area contributed by atoms with Gasteiger partial charge in [-0.25, -0.2) is 0 Å². The summed E-state index contributed by atoms with van der Waals surface area (Å²) in [5.74, 6) is 1.74. The van der Waals surface area contributed by atoms with Crippen molar-refractivity contribution in [3.05, 3.63) is 54.1 Å². The van der Waals surface area contributed by atoms with Gasteiger partial charge in [0.15, 0.2) is 11.5 Å². The molecule has 0 bridgehead atoms. The highest BCUT2D eigenvalue weighted by Gasteiger charge is 2.27. The maximum atomic E-state index is 6.35. The monoisotopic (exact) mass is 408 g/mol. The molecule has 1 saturated heterocycles. The Balaban J connectivity index is 1.51. The standard InChI is InChI=1S/C26H36N2O2/c1-3-15-27-16-17-28(20-23(27)18-21-9-5-4-6-10-21)22-13-14-25(29-2)26(19-22)30-24-11-7-8-12-24/h4-6,9-10,13-14,19,23-24H,3,7-8,11-12,15-18,20H2,1-2H3. The van der Waals surface area contributed by atoms with Crippen LogP contribution in [-0.2, 0) is 6.42 Å². The lowest BCUT2D eigenvalue weighted by atomic mass is 10.0. The summed E-state index contributed by atoms with van der Waals surface area (Å²) in [5.41, 5.74) is 2.67. The quantitative estimate of drug-likeness (QED) is 0.602. The van der Waals surface area contributed by atoms with Crippen molar-refractivity contribution < 1.29 is 9.47 Å². The van der Waals surface area contributed by atoms with E-state index in [9.17, 15) is 0 Å². The van der Waals surface area contributed by atoms with Gasteiger partial charge >= 0.3 is 0 Å². The topological polar surface area (TPSA) is 24.9 Å². The molecular formula is C26H36N2O2. The molecule has 0 amide bonds. The van der Waals surface area contributed by atoms with Crippen LogP contribution in [0.15, 0.2) is 48.5 Å². The number of rotatable bonds is 8. The van der Waals surface area contributed by atoms with Gasteiger partial charge in [-0.2, -0.15) is 0 Å². The summed E-state index contributed by atoms with van der Waals surface area (Å²) in [6.07, 6.45) is 7.48. The number of anilines is 1. The normalized spacial score (nSPS) is 20.5. The second-order valence-electron chi connectivity index (χ2n) is 8.69. The molecule has 0 spiro atoms. The Hall–Kier alpha value is -2.20. The molecule has 1 heterocycles. The molecule has 2 aromatic carbocycles. The Morgan fingerprint density at radius 2 is 1.77 bits per heavy atom. The van der Waals surface area contributed by atoms with Crippen LogP contribution in [0.1, 0.15) is 44.6 Å². The van der Waals surface area contributed by atoms with E-state index in [2.05, 4.69) is 65.3 Å². The van der Waals surface area contributed by atoms with E-state index >= 15 is 0 Å². The van der Waals surface area contributed by atoms with Gasteiger partial charge in [-0.1, -0.05) is 37.3 Å². The number of hydrogen-bond donors (Lipinski definition) is 0. The van der Waals surface area contributed by atoms with Crippen LogP contribution in [0.3, 0.4) is 0 Å². The first-order valence-electron chi connectivity index (χ1n) is 11.6. The molecule has 30 heavy (non-hydrogen) atoms. The molecule has 1 saturated carbocycles. The number of piperazine rings is 1. The van der Waals surface area contributed by atoms with Crippen LogP contribution in [-0.4, -0.2) is 50.3 Å². The highest BCUT2D eigenvalue weighted by Crippen LogP contribution is 2.35. The second kappa shape index (κ2) is 10.2. The van der Waals surface area contributed by atoms with Crippen LogP contribution in [0.4, 0.5) is 5.69 Å². The molecule has 0 aromatic heterocycles. The van der Waals surface area contributed by atoms with Crippen LogP contribution in [0.5, 0.6) is 11.5 Å². The SMILES string of the molecule is CCCN1CCN(c2ccc(OC)c(OC3CCCC3)c2)CC1Cc1ccccc1. The molecule has 1 unspecified atom stereocenters. The lowest BCUT2D eigenvalue weighted by molar-refractivity contribution is 0.175. The molecule has 4 rings (SSSR count). The van der Waals surface area contributed by atoms with Gasteiger partial charge in [-0.3, -0.25) is 4.90 Å². The number of ether oxygens (including phenoxy) is 2. The molecule has 4 nitrogen and oxygen atoms in total. The van der Waals surface area contributed by atoms with Crippen molar-refractivity contribution in [3.63, 3.8) is 0 Å². The summed E-state index contributed by atoms with van der Waals surface area (Å²) in [4.78, 5) is 5.20. The molecule has 2 fully saturated rings. The van der Waals surface area contributed by atoms with Crippen molar-refractivity contribution >= 4 is 5.69 Å². The summed E-state index contributed by atoms with van der Waals surface area (Å²) in [6.45, 7) is 6.66. The summed E-state index contributed by atoms with van der Waals surface area (Å²) >= 11 is 0. The molecule has 2 aliphatic rings. The van der Waals surface area contributed by atoms with E-state index in [0.29, 0.717) is 12.1 Å². The summed E-state index contributed by atoms with van der Waals surface area (Å²) in [5, 5.41) is 0. The number of benzene rings is 2. The molecule has 4 heteroatoms. The maximum Gasteiger partial charge on any atom is 0.163 e. The first kappa shape index (κ1) is 21.0. The fourth-order valence-corrected chi connectivity index (χ4v) is 4.93. The van der Waals surface area contributed by atoms with E-state index in [-0.39, 0.29) is 0 Å². The van der Waals surface area contributed by atoms with Gasteiger partial charge in [0.1, 0.15) is 0 Å². The molecule has 162 valence electrons. The van der Waals surface area contributed by atoms with Gasteiger partial charge in [-0.05, 0) is 62.8 Å². The van der Waals surface area contributed by atoms with Gasteiger partial charge < -0.3 is 14.4 Å². The zero-order valence-electron chi connectivity index (χ0n) is 18.6. The minimum Gasteiger partial charge on any atom is -0.493 e. The van der Waals surface area contributed by atoms with E-state index in [0.717, 1.165) is 50.4 Å². The van der Waals surface area contributed by atoms with Crippen LogP contribution in [0, 0.1) is 0 Å². The van der Waals surface area contributed by atoms with Crippen molar-refractivity contribution in [1.29, 1.82) is 0 Å². The molecule has 0 N–H and O–H groups in total. The van der Waals surface area contributed by atoms with Crippen LogP contribution < -0.4 is 14.4 Å². The Bertz CT molecular complexity index is 789. The summed E-state index contributed by atoms with van der Waals surface area (Å²) in [6, 6.07) is 17.9. The number of methoxy groups -OCH3 is 1. The summed E-state index contributed by atoms with van der Waals surface area (Å²) in [7, 11) is 1.73. The van der Waals surface area contributed by atoms with Gasteiger partial charge in [0, 0.05) is 37.4 Å². The largest absolute Gasteiger partial charge is 0.493 e. The highest BCUT2D eigenvalue weighted by molar-refractivity contribution is 5.57. The molecule has 1 aliphatic heterocycles. The summed E-state index contributed by atoms with van der Waals surface area (Å²) < 4.78 is 11.9. The van der Waals surface area contributed by atoms with Crippen molar-refractivity contribution in [3.8, 4) is 11.5 Å². The zero-order chi connectivity index (χ0) is 20.8. The maximum absolute atomic E-state index is 6.35. The van der Waals surface area contributed by atoms with E-state index in [1.165, 1.54) is 37.1 Å². The van der Waals surface area contributed by atoms with Crippen molar-refractivity contribution in [2.24, 2.45) is 0 Å². The molecule has 1 aliphatic carbocycles. The number of nitrogens with zero attached hydrogens (tertiary/aromatic N) is 2. The first-order chi connectivity index (χ1) is 14.8. The molecule has 1 atom stereocenters. The van der Waals surface area contributed by atoms with Gasteiger partial charge in [0.2, 0.25) is 0 Å². The van der Waals surface area contributed by atoms with Crippen LogP contribution in [0.2, 0.25) is 0 Å². The Morgan fingerprint density at radius 3 is 2.50 bits per heavy atom. The van der Waals surface area contributed by atoms with Crippen molar-refractivity contribution in [2.75, 3.05) is 38.2 Å². The predicted octanol–water partition coefficient (Wildman–Crippen LogP) is 5.16. The van der Waals surface area contributed by atoms with Gasteiger partial charge in [0.05, 0.1) is 13.2 Å². The molecule has 2 aromatic rings. The highest BCUT2D eigenvalue weighted by atomic mass is 16.5. The lowest BCUT2D eigenvalue weighted by Gasteiger charge is -2.42. The fraction of sp³-hybridized carbons (Fsp3) is 0.538. The average Bonchev–Trinajstić information content (AvgIpc) is 3.29. The first-order valence-corrected chi connectivity index (χ1v) is 11.6. The number of hydrogen-bond acceptors (Lipinski definition) is 4. The average molecular weight is 409 g/mol. The molecular weight excluding hydrogens is 372 g/mol. The third-order valence-electron chi connectivity index (χ3n) is 6.54. The Labute approximate surface area is 181 Å². The Kier molecular flexibility index (Phi) is 7.16. The van der Waals surface area contributed by atoms with Crippen molar-refractivity contribution in [1.82, 2.24) is 4.90 Å². The van der Waals surface area contributed by atoms with E-state index in [4.69, 9.17) is 9.47 Å². The molecule has 0 radical (unpaired) electrons. The minimum absolute atomic E-state index is 0.335. The van der Waals surface area contributed by atoms with Gasteiger partial charge in [-0.15, -0.1) is 0 Å². The van der Waals surface area contributed by atoms with Crippen LogP contribution >= 0.6 is 0 Å².